The van der Waals surface area contributed by atoms with Gasteiger partial charge in [0.05, 0.1) is 0 Å². The van der Waals surface area contributed by atoms with E-state index >= 15 is 0 Å². The molecule has 104 valence electrons. The zero-order valence-corrected chi connectivity index (χ0v) is 11.9. The van der Waals surface area contributed by atoms with Gasteiger partial charge in [-0.2, -0.15) is 0 Å². The molecule has 1 aromatic rings. The van der Waals surface area contributed by atoms with Crippen LogP contribution in [0.2, 0.25) is 0 Å². The number of nitrogens with two attached hydrogens (primary N) is 1. The molecule has 2 heterocycles. The number of aromatic nitrogens is 1. The highest BCUT2D eigenvalue weighted by atomic mass is 15.2. The van der Waals surface area contributed by atoms with Crippen LogP contribution in [0.3, 0.4) is 0 Å². The lowest BCUT2D eigenvalue weighted by molar-refractivity contribution is 0.242. The Balaban J connectivity index is 1.91. The van der Waals surface area contributed by atoms with Gasteiger partial charge in [0.15, 0.2) is 0 Å². The van der Waals surface area contributed by atoms with Crippen LogP contribution < -0.4 is 10.6 Å². The molecule has 19 heavy (non-hydrogen) atoms. The summed E-state index contributed by atoms with van der Waals surface area (Å²) in [5, 5.41) is 0. The van der Waals surface area contributed by atoms with Crippen molar-refractivity contribution < 1.29 is 0 Å². The van der Waals surface area contributed by atoms with Gasteiger partial charge in [0, 0.05) is 30.4 Å². The lowest BCUT2D eigenvalue weighted by Gasteiger charge is -2.45. The Kier molecular flexibility index (Phi) is 3.74. The van der Waals surface area contributed by atoms with Gasteiger partial charge in [-0.15, -0.1) is 0 Å². The molecule has 3 rings (SSSR count). The fourth-order valence-corrected chi connectivity index (χ4v) is 3.89. The Morgan fingerprint density at radius 2 is 2.05 bits per heavy atom. The Labute approximate surface area is 116 Å². The molecule has 1 saturated carbocycles. The third kappa shape index (κ3) is 2.48. The lowest BCUT2D eigenvalue weighted by Crippen LogP contribution is -2.47. The van der Waals surface area contributed by atoms with Crippen LogP contribution in [0.25, 0.3) is 0 Å². The first-order valence-corrected chi connectivity index (χ1v) is 7.74. The first kappa shape index (κ1) is 12.9. The number of hydrogen-bond donors (Lipinski definition) is 1. The minimum absolute atomic E-state index is 0.0627. The fourth-order valence-electron chi connectivity index (χ4n) is 3.89. The molecule has 1 saturated heterocycles. The van der Waals surface area contributed by atoms with E-state index in [9.17, 15) is 0 Å². The Bertz CT molecular complexity index is 428. The molecule has 3 unspecified atom stereocenters. The molecule has 1 aromatic heterocycles. The van der Waals surface area contributed by atoms with Crippen LogP contribution in [0.4, 0.5) is 5.82 Å². The molecule has 2 aliphatic rings. The molecule has 2 fully saturated rings. The van der Waals surface area contributed by atoms with Gasteiger partial charge in [-0.3, -0.25) is 0 Å². The fraction of sp³-hybridized carbons (Fsp3) is 0.688. The number of rotatable bonds is 2. The van der Waals surface area contributed by atoms with E-state index in [0.29, 0.717) is 6.04 Å². The van der Waals surface area contributed by atoms with E-state index in [2.05, 4.69) is 22.9 Å². The van der Waals surface area contributed by atoms with Gasteiger partial charge in [-0.25, -0.2) is 4.98 Å². The molecule has 1 aliphatic heterocycles. The van der Waals surface area contributed by atoms with Crippen molar-refractivity contribution >= 4 is 5.82 Å². The number of fused-ring (bicyclic) bond motifs is 1. The average molecular weight is 259 g/mol. The second kappa shape index (κ2) is 5.49. The van der Waals surface area contributed by atoms with Crippen LogP contribution in [0, 0.1) is 5.92 Å². The zero-order chi connectivity index (χ0) is 13.2. The topological polar surface area (TPSA) is 42.1 Å². The Morgan fingerprint density at radius 1 is 1.26 bits per heavy atom. The van der Waals surface area contributed by atoms with Crippen LogP contribution in [-0.2, 0) is 0 Å². The van der Waals surface area contributed by atoms with Gasteiger partial charge >= 0.3 is 0 Å². The first-order valence-electron chi connectivity index (χ1n) is 7.74. The quantitative estimate of drug-likeness (QED) is 0.886. The highest BCUT2D eigenvalue weighted by molar-refractivity contribution is 5.49. The van der Waals surface area contributed by atoms with Crippen molar-refractivity contribution in [3.63, 3.8) is 0 Å². The van der Waals surface area contributed by atoms with E-state index in [1.807, 2.05) is 12.3 Å². The van der Waals surface area contributed by atoms with Crippen molar-refractivity contribution in [2.24, 2.45) is 11.7 Å². The summed E-state index contributed by atoms with van der Waals surface area (Å²) in [7, 11) is 0. The third-order valence-corrected chi connectivity index (χ3v) is 4.82. The zero-order valence-electron chi connectivity index (χ0n) is 11.9. The van der Waals surface area contributed by atoms with E-state index in [0.717, 1.165) is 18.3 Å². The van der Waals surface area contributed by atoms with E-state index in [4.69, 9.17) is 5.73 Å². The van der Waals surface area contributed by atoms with Gasteiger partial charge in [-0.05, 0) is 44.6 Å². The Hall–Kier alpha value is -1.09. The van der Waals surface area contributed by atoms with Gasteiger partial charge in [-0.1, -0.05) is 18.9 Å². The van der Waals surface area contributed by atoms with Crippen molar-refractivity contribution in [3.8, 4) is 0 Å². The highest BCUT2D eigenvalue weighted by Crippen LogP contribution is 2.38. The first-order chi connectivity index (χ1) is 9.27. The molecule has 2 N–H and O–H groups in total. The van der Waals surface area contributed by atoms with Crippen molar-refractivity contribution in [2.75, 3.05) is 11.4 Å². The molecule has 1 aliphatic carbocycles. The smallest absolute Gasteiger partial charge is 0.133 e. The molecule has 0 amide bonds. The third-order valence-electron chi connectivity index (χ3n) is 4.82. The van der Waals surface area contributed by atoms with Crippen LogP contribution >= 0.6 is 0 Å². The monoisotopic (exact) mass is 259 g/mol. The van der Waals surface area contributed by atoms with Crippen molar-refractivity contribution in [1.82, 2.24) is 4.98 Å². The maximum Gasteiger partial charge on any atom is 0.133 e. The summed E-state index contributed by atoms with van der Waals surface area (Å²) in [5.74, 6) is 2.03. The number of nitrogens with zero attached hydrogens (tertiary/aromatic N) is 2. The number of anilines is 1. The minimum atomic E-state index is 0.0627. The number of piperidine rings is 1. The van der Waals surface area contributed by atoms with Crippen molar-refractivity contribution in [1.29, 1.82) is 0 Å². The van der Waals surface area contributed by atoms with Crippen LogP contribution in [0.5, 0.6) is 0 Å². The predicted octanol–water partition coefficient (Wildman–Crippen LogP) is 3.26. The molecular formula is C16H25N3. The summed E-state index contributed by atoms with van der Waals surface area (Å²) in [6.45, 7) is 3.21. The second-order valence-electron chi connectivity index (χ2n) is 6.15. The van der Waals surface area contributed by atoms with Crippen LogP contribution in [0.1, 0.15) is 57.1 Å². The number of hydrogen-bond acceptors (Lipinski definition) is 3. The summed E-state index contributed by atoms with van der Waals surface area (Å²) < 4.78 is 0. The summed E-state index contributed by atoms with van der Waals surface area (Å²) in [5.41, 5.74) is 7.33. The summed E-state index contributed by atoms with van der Waals surface area (Å²) >= 11 is 0. The lowest BCUT2D eigenvalue weighted by atomic mass is 9.78. The normalized spacial score (nSPS) is 28.8. The summed E-state index contributed by atoms with van der Waals surface area (Å²) in [6, 6.07) is 4.91. The summed E-state index contributed by atoms with van der Waals surface area (Å²) in [4.78, 5) is 7.22. The van der Waals surface area contributed by atoms with Gasteiger partial charge < -0.3 is 10.6 Å². The predicted molar refractivity (Wildman–Crippen MR) is 79.2 cm³/mol. The summed E-state index contributed by atoms with van der Waals surface area (Å²) in [6.07, 6.45) is 10.1. The maximum absolute atomic E-state index is 6.12. The number of pyridine rings is 1. The van der Waals surface area contributed by atoms with Gasteiger partial charge in [0.1, 0.15) is 5.82 Å². The largest absolute Gasteiger partial charge is 0.353 e. The average Bonchev–Trinajstić information content (AvgIpc) is 2.46. The molecule has 0 aromatic carbocycles. The molecular weight excluding hydrogens is 234 g/mol. The molecule has 3 atom stereocenters. The molecule has 0 radical (unpaired) electrons. The molecule has 0 bridgehead atoms. The molecule has 3 nitrogen and oxygen atoms in total. The minimum Gasteiger partial charge on any atom is -0.353 e. The van der Waals surface area contributed by atoms with E-state index in [-0.39, 0.29) is 6.04 Å². The van der Waals surface area contributed by atoms with Gasteiger partial charge in [0.2, 0.25) is 0 Å². The Morgan fingerprint density at radius 3 is 2.89 bits per heavy atom. The van der Waals surface area contributed by atoms with Crippen LogP contribution in [0.15, 0.2) is 18.3 Å². The van der Waals surface area contributed by atoms with Gasteiger partial charge in [0.25, 0.3) is 0 Å². The maximum atomic E-state index is 6.12. The highest BCUT2D eigenvalue weighted by Gasteiger charge is 2.34. The van der Waals surface area contributed by atoms with Crippen molar-refractivity contribution in [2.45, 2.75) is 57.5 Å². The van der Waals surface area contributed by atoms with E-state index < -0.39 is 0 Å². The van der Waals surface area contributed by atoms with Crippen LogP contribution in [-0.4, -0.2) is 17.6 Å². The SMILES string of the molecule is CC(N)c1cccnc1N1CCCC2CCCCC21. The molecule has 0 spiro atoms. The van der Waals surface area contributed by atoms with E-state index in [1.54, 1.807) is 0 Å². The molecule has 3 heteroatoms. The van der Waals surface area contributed by atoms with Crippen molar-refractivity contribution in [3.05, 3.63) is 23.9 Å². The standard InChI is InChI=1S/C16H25N3/c1-12(17)14-8-4-10-18-16(14)19-11-5-7-13-6-2-3-9-15(13)19/h4,8,10,12-13,15H,2-3,5-7,9,11,17H2,1H3. The van der Waals surface area contributed by atoms with E-state index in [1.165, 1.54) is 44.1 Å². The second-order valence-corrected chi connectivity index (χ2v) is 6.15.